The summed E-state index contributed by atoms with van der Waals surface area (Å²) in [5.74, 6) is 1.98. The Bertz CT molecular complexity index is 159. The standard InChI is InChI=1S/C14H28/c1-5-7-8-9-14(6-2)11-13(14)10-12(3)4/h12-13H,5-11H2,1-4H3. The van der Waals surface area contributed by atoms with E-state index >= 15 is 0 Å². The molecule has 0 aliphatic heterocycles. The maximum Gasteiger partial charge on any atom is -0.0269 e. The molecule has 0 aromatic carbocycles. The van der Waals surface area contributed by atoms with Crippen LogP contribution in [-0.2, 0) is 0 Å². The highest BCUT2D eigenvalue weighted by atomic mass is 14.6. The molecule has 0 heterocycles. The lowest BCUT2D eigenvalue weighted by Crippen LogP contribution is -2.04. The van der Waals surface area contributed by atoms with Gasteiger partial charge in [-0.05, 0) is 36.5 Å². The Morgan fingerprint density at radius 2 is 1.93 bits per heavy atom. The lowest BCUT2D eigenvalue weighted by molar-refractivity contribution is 0.356. The lowest BCUT2D eigenvalue weighted by Gasteiger charge is -2.15. The van der Waals surface area contributed by atoms with E-state index in [-0.39, 0.29) is 0 Å². The first-order chi connectivity index (χ1) is 6.64. The lowest BCUT2D eigenvalue weighted by atomic mass is 9.90. The van der Waals surface area contributed by atoms with Crippen molar-refractivity contribution in [2.75, 3.05) is 0 Å². The van der Waals surface area contributed by atoms with E-state index in [0.717, 1.165) is 17.3 Å². The van der Waals surface area contributed by atoms with Crippen molar-refractivity contribution in [1.29, 1.82) is 0 Å². The Morgan fingerprint density at radius 3 is 2.43 bits per heavy atom. The van der Waals surface area contributed by atoms with Crippen molar-refractivity contribution in [2.45, 2.75) is 72.6 Å². The Hall–Kier alpha value is 0. The van der Waals surface area contributed by atoms with Crippen LogP contribution >= 0.6 is 0 Å². The summed E-state index contributed by atoms with van der Waals surface area (Å²) < 4.78 is 0. The second kappa shape index (κ2) is 5.19. The van der Waals surface area contributed by atoms with E-state index in [1.54, 1.807) is 0 Å². The fourth-order valence-corrected chi connectivity index (χ4v) is 2.98. The summed E-state index contributed by atoms with van der Waals surface area (Å²) in [7, 11) is 0. The zero-order chi connectivity index (χ0) is 10.6. The molecule has 1 aliphatic rings. The van der Waals surface area contributed by atoms with E-state index in [9.17, 15) is 0 Å². The highest BCUT2D eigenvalue weighted by molar-refractivity contribution is 5.01. The van der Waals surface area contributed by atoms with Crippen LogP contribution in [0.25, 0.3) is 0 Å². The van der Waals surface area contributed by atoms with Gasteiger partial charge in [-0.3, -0.25) is 0 Å². The van der Waals surface area contributed by atoms with Crippen molar-refractivity contribution in [3.8, 4) is 0 Å². The Balaban J connectivity index is 2.25. The summed E-state index contributed by atoms with van der Waals surface area (Å²) >= 11 is 0. The van der Waals surface area contributed by atoms with Gasteiger partial charge in [0.25, 0.3) is 0 Å². The summed E-state index contributed by atoms with van der Waals surface area (Å²) in [6, 6.07) is 0. The topological polar surface area (TPSA) is 0 Å². The van der Waals surface area contributed by atoms with Crippen LogP contribution in [0.5, 0.6) is 0 Å². The predicted octanol–water partition coefficient (Wildman–Crippen LogP) is 5.03. The maximum atomic E-state index is 2.40. The van der Waals surface area contributed by atoms with E-state index < -0.39 is 0 Å². The van der Waals surface area contributed by atoms with Crippen LogP contribution in [0.3, 0.4) is 0 Å². The third-order valence-corrected chi connectivity index (χ3v) is 4.10. The molecule has 84 valence electrons. The smallest absolute Gasteiger partial charge is 0.0269 e. The summed E-state index contributed by atoms with van der Waals surface area (Å²) in [5, 5.41) is 0. The number of hydrogen-bond acceptors (Lipinski definition) is 0. The minimum absolute atomic E-state index is 0.791. The first-order valence-corrected chi connectivity index (χ1v) is 6.64. The van der Waals surface area contributed by atoms with Crippen molar-refractivity contribution in [1.82, 2.24) is 0 Å². The highest BCUT2D eigenvalue weighted by Crippen LogP contribution is 2.60. The van der Waals surface area contributed by atoms with Crippen molar-refractivity contribution < 1.29 is 0 Å². The van der Waals surface area contributed by atoms with Gasteiger partial charge in [0.05, 0.1) is 0 Å². The average molecular weight is 196 g/mol. The summed E-state index contributed by atoms with van der Waals surface area (Å²) in [5.41, 5.74) is 0.791. The quantitative estimate of drug-likeness (QED) is 0.501. The molecule has 2 atom stereocenters. The summed E-state index contributed by atoms with van der Waals surface area (Å²) in [6.45, 7) is 9.43. The maximum absolute atomic E-state index is 2.40. The van der Waals surface area contributed by atoms with Gasteiger partial charge in [0.2, 0.25) is 0 Å². The normalized spacial score (nSPS) is 31.1. The molecule has 2 unspecified atom stereocenters. The molecule has 0 amide bonds. The summed E-state index contributed by atoms with van der Waals surface area (Å²) in [4.78, 5) is 0. The van der Waals surface area contributed by atoms with Crippen LogP contribution in [0.1, 0.15) is 72.6 Å². The second-order valence-electron chi connectivity index (χ2n) is 5.70. The van der Waals surface area contributed by atoms with Crippen LogP contribution in [0.4, 0.5) is 0 Å². The third-order valence-electron chi connectivity index (χ3n) is 4.10. The SMILES string of the molecule is CCCCCC1(CC)CC1CC(C)C. The van der Waals surface area contributed by atoms with E-state index in [0.29, 0.717) is 0 Å². The molecule has 0 spiro atoms. The highest BCUT2D eigenvalue weighted by Gasteiger charge is 2.50. The fourth-order valence-electron chi connectivity index (χ4n) is 2.98. The first-order valence-electron chi connectivity index (χ1n) is 6.64. The van der Waals surface area contributed by atoms with Crippen molar-refractivity contribution in [3.05, 3.63) is 0 Å². The Morgan fingerprint density at radius 1 is 1.21 bits per heavy atom. The fraction of sp³-hybridized carbons (Fsp3) is 1.00. The van der Waals surface area contributed by atoms with Gasteiger partial charge in [-0.15, -0.1) is 0 Å². The predicted molar refractivity (Wildman–Crippen MR) is 64.4 cm³/mol. The monoisotopic (exact) mass is 196 g/mol. The molecular weight excluding hydrogens is 168 g/mol. The number of unbranched alkanes of at least 4 members (excludes halogenated alkanes) is 2. The van der Waals surface area contributed by atoms with Gasteiger partial charge in [-0.2, -0.15) is 0 Å². The van der Waals surface area contributed by atoms with Gasteiger partial charge in [-0.1, -0.05) is 53.4 Å². The minimum Gasteiger partial charge on any atom is -0.0654 e. The minimum atomic E-state index is 0.791. The van der Waals surface area contributed by atoms with Gasteiger partial charge in [0.15, 0.2) is 0 Å². The van der Waals surface area contributed by atoms with Gasteiger partial charge in [0, 0.05) is 0 Å². The molecule has 0 saturated heterocycles. The Kier molecular flexibility index (Phi) is 4.47. The van der Waals surface area contributed by atoms with Gasteiger partial charge >= 0.3 is 0 Å². The van der Waals surface area contributed by atoms with E-state index in [1.165, 1.54) is 44.9 Å². The van der Waals surface area contributed by atoms with Crippen molar-refractivity contribution >= 4 is 0 Å². The van der Waals surface area contributed by atoms with Crippen LogP contribution < -0.4 is 0 Å². The average Bonchev–Trinajstić information content (AvgIpc) is 2.79. The molecule has 1 rings (SSSR count). The molecule has 0 N–H and O–H groups in total. The Labute approximate surface area is 90.5 Å². The number of rotatable bonds is 7. The molecule has 1 aliphatic carbocycles. The molecule has 0 nitrogen and oxygen atoms in total. The molecule has 0 heteroatoms. The van der Waals surface area contributed by atoms with Gasteiger partial charge < -0.3 is 0 Å². The van der Waals surface area contributed by atoms with Crippen LogP contribution in [0.15, 0.2) is 0 Å². The zero-order valence-corrected chi connectivity index (χ0v) is 10.6. The van der Waals surface area contributed by atoms with Gasteiger partial charge in [-0.25, -0.2) is 0 Å². The first kappa shape index (κ1) is 12.1. The second-order valence-corrected chi connectivity index (χ2v) is 5.70. The van der Waals surface area contributed by atoms with Crippen molar-refractivity contribution in [3.63, 3.8) is 0 Å². The summed E-state index contributed by atoms with van der Waals surface area (Å²) in [6.07, 6.45) is 10.2. The molecule has 0 aromatic heterocycles. The molecule has 14 heavy (non-hydrogen) atoms. The molecule has 0 aromatic rings. The van der Waals surface area contributed by atoms with Crippen LogP contribution in [0, 0.1) is 17.3 Å². The molecule has 1 saturated carbocycles. The van der Waals surface area contributed by atoms with Crippen LogP contribution in [0.2, 0.25) is 0 Å². The molecule has 1 fully saturated rings. The molecule has 0 bridgehead atoms. The van der Waals surface area contributed by atoms with Gasteiger partial charge in [0.1, 0.15) is 0 Å². The zero-order valence-electron chi connectivity index (χ0n) is 10.6. The van der Waals surface area contributed by atoms with E-state index in [2.05, 4.69) is 27.7 Å². The van der Waals surface area contributed by atoms with Crippen molar-refractivity contribution in [2.24, 2.45) is 17.3 Å². The largest absolute Gasteiger partial charge is 0.0654 e. The van der Waals surface area contributed by atoms with Crippen LogP contribution in [-0.4, -0.2) is 0 Å². The third kappa shape index (κ3) is 3.00. The van der Waals surface area contributed by atoms with E-state index in [4.69, 9.17) is 0 Å². The number of hydrogen-bond donors (Lipinski definition) is 0. The molecular formula is C14H28. The van der Waals surface area contributed by atoms with E-state index in [1.807, 2.05) is 0 Å². The molecule has 0 radical (unpaired) electrons.